The first-order chi connectivity index (χ1) is 13.8. The molecule has 2 fully saturated rings. The van der Waals surface area contributed by atoms with Gasteiger partial charge in [-0.05, 0) is 56.3 Å². The first-order valence-electron chi connectivity index (χ1n) is 11.2. The Labute approximate surface area is 194 Å². The van der Waals surface area contributed by atoms with Crippen LogP contribution in [0.25, 0.3) is 0 Å². The number of halogens is 1. The summed E-state index contributed by atoms with van der Waals surface area (Å²) < 4.78 is 5.91. The molecule has 0 atom stereocenters. The number of nitrogens with zero attached hydrogens (tertiary/aromatic N) is 2. The standard InChI is InChI=1S/C23H38N4O.HI/c1-24-23(25-14-7-17-28-22-8-3-4-9-22)26-18-20-10-12-21(13-11-20)19-27-15-5-2-6-16-27;/h10-13,22H,2-9,14-19H2,1H3,(H2,24,25,26);1H. The number of rotatable bonds is 9. The van der Waals surface area contributed by atoms with Crippen molar-refractivity contribution in [3.8, 4) is 0 Å². The fourth-order valence-electron chi connectivity index (χ4n) is 4.13. The van der Waals surface area contributed by atoms with Gasteiger partial charge < -0.3 is 15.4 Å². The minimum absolute atomic E-state index is 0. The Hall–Kier alpha value is -0.860. The van der Waals surface area contributed by atoms with Gasteiger partial charge in [0.2, 0.25) is 0 Å². The van der Waals surface area contributed by atoms with Crippen LogP contribution in [0.4, 0.5) is 0 Å². The van der Waals surface area contributed by atoms with E-state index in [1.54, 1.807) is 0 Å². The minimum Gasteiger partial charge on any atom is -0.378 e. The molecule has 0 unspecified atom stereocenters. The van der Waals surface area contributed by atoms with Crippen molar-refractivity contribution in [3.05, 3.63) is 35.4 Å². The SMILES string of the molecule is CN=C(NCCCOC1CCCC1)NCc1ccc(CN2CCCCC2)cc1.I. The maximum absolute atomic E-state index is 5.91. The Morgan fingerprint density at radius 1 is 1.00 bits per heavy atom. The lowest BCUT2D eigenvalue weighted by Gasteiger charge is -2.26. The Kier molecular flexibility index (Phi) is 12.0. The second-order valence-corrected chi connectivity index (χ2v) is 8.14. The highest BCUT2D eigenvalue weighted by Gasteiger charge is 2.14. The van der Waals surface area contributed by atoms with Crippen LogP contribution < -0.4 is 10.6 Å². The van der Waals surface area contributed by atoms with Gasteiger partial charge in [-0.1, -0.05) is 43.5 Å². The molecular formula is C23H39IN4O. The van der Waals surface area contributed by atoms with Crippen LogP contribution in [0.2, 0.25) is 0 Å². The predicted octanol–water partition coefficient (Wildman–Crippen LogP) is 4.30. The molecule has 29 heavy (non-hydrogen) atoms. The molecule has 0 aromatic heterocycles. The Bertz CT molecular complexity index is 581. The van der Waals surface area contributed by atoms with Crippen molar-refractivity contribution in [2.24, 2.45) is 4.99 Å². The lowest BCUT2D eigenvalue weighted by Crippen LogP contribution is -2.37. The van der Waals surface area contributed by atoms with Crippen LogP contribution in [0.1, 0.15) is 62.5 Å². The maximum atomic E-state index is 5.91. The molecule has 1 saturated heterocycles. The lowest BCUT2D eigenvalue weighted by molar-refractivity contribution is 0.0574. The molecule has 1 aromatic carbocycles. The average Bonchev–Trinajstić information content (AvgIpc) is 3.25. The molecule has 0 spiro atoms. The van der Waals surface area contributed by atoms with E-state index in [4.69, 9.17) is 4.74 Å². The van der Waals surface area contributed by atoms with Gasteiger partial charge in [0.05, 0.1) is 6.10 Å². The zero-order valence-corrected chi connectivity index (χ0v) is 20.3. The highest BCUT2D eigenvalue weighted by atomic mass is 127. The lowest BCUT2D eigenvalue weighted by atomic mass is 10.1. The van der Waals surface area contributed by atoms with E-state index >= 15 is 0 Å². The van der Waals surface area contributed by atoms with Crippen LogP contribution in [0, 0.1) is 0 Å². The van der Waals surface area contributed by atoms with Crippen LogP contribution in [0.3, 0.4) is 0 Å². The van der Waals surface area contributed by atoms with Gasteiger partial charge in [-0.2, -0.15) is 0 Å². The topological polar surface area (TPSA) is 48.9 Å². The van der Waals surface area contributed by atoms with Gasteiger partial charge in [-0.25, -0.2) is 0 Å². The second-order valence-electron chi connectivity index (χ2n) is 8.14. The third-order valence-electron chi connectivity index (χ3n) is 5.83. The first-order valence-corrected chi connectivity index (χ1v) is 11.2. The summed E-state index contributed by atoms with van der Waals surface area (Å²) in [5, 5.41) is 6.79. The van der Waals surface area contributed by atoms with Gasteiger partial charge in [0.15, 0.2) is 5.96 Å². The maximum Gasteiger partial charge on any atom is 0.191 e. The van der Waals surface area contributed by atoms with E-state index < -0.39 is 0 Å². The van der Waals surface area contributed by atoms with Crippen molar-refractivity contribution < 1.29 is 4.74 Å². The van der Waals surface area contributed by atoms with Crippen molar-refractivity contribution in [1.29, 1.82) is 0 Å². The highest BCUT2D eigenvalue weighted by molar-refractivity contribution is 14.0. The third kappa shape index (κ3) is 9.22. The second kappa shape index (κ2) is 14.2. The number of benzene rings is 1. The van der Waals surface area contributed by atoms with Gasteiger partial charge in [-0.15, -0.1) is 24.0 Å². The fraction of sp³-hybridized carbons (Fsp3) is 0.696. The zero-order valence-electron chi connectivity index (χ0n) is 18.0. The summed E-state index contributed by atoms with van der Waals surface area (Å²) in [7, 11) is 1.83. The smallest absolute Gasteiger partial charge is 0.191 e. The Morgan fingerprint density at radius 2 is 1.69 bits per heavy atom. The van der Waals surface area contributed by atoms with Gasteiger partial charge in [0.25, 0.3) is 0 Å². The summed E-state index contributed by atoms with van der Waals surface area (Å²) in [6, 6.07) is 8.99. The average molecular weight is 514 g/mol. The van der Waals surface area contributed by atoms with E-state index in [0.29, 0.717) is 6.10 Å². The van der Waals surface area contributed by atoms with Crippen LogP contribution in [-0.2, 0) is 17.8 Å². The van der Waals surface area contributed by atoms with Gasteiger partial charge in [0, 0.05) is 33.3 Å². The molecule has 0 bridgehead atoms. The molecule has 5 nitrogen and oxygen atoms in total. The molecule has 3 rings (SSSR count). The number of likely N-dealkylation sites (tertiary alicyclic amines) is 1. The van der Waals surface area contributed by atoms with Gasteiger partial charge in [0.1, 0.15) is 0 Å². The molecule has 6 heteroatoms. The largest absolute Gasteiger partial charge is 0.378 e. The van der Waals surface area contributed by atoms with Crippen LogP contribution in [0.15, 0.2) is 29.3 Å². The summed E-state index contributed by atoms with van der Waals surface area (Å²) in [6.45, 7) is 6.10. The van der Waals surface area contributed by atoms with Gasteiger partial charge in [-0.3, -0.25) is 9.89 Å². The molecular weight excluding hydrogens is 475 g/mol. The number of guanidine groups is 1. The van der Waals surface area contributed by atoms with E-state index in [2.05, 4.69) is 44.8 Å². The summed E-state index contributed by atoms with van der Waals surface area (Å²) in [4.78, 5) is 6.89. The van der Waals surface area contributed by atoms with Crippen molar-refractivity contribution in [3.63, 3.8) is 0 Å². The number of nitrogens with one attached hydrogen (secondary N) is 2. The molecule has 2 N–H and O–H groups in total. The molecule has 1 aliphatic carbocycles. The van der Waals surface area contributed by atoms with Crippen LogP contribution in [-0.4, -0.2) is 50.3 Å². The quantitative estimate of drug-likeness (QED) is 0.223. The van der Waals surface area contributed by atoms with Crippen molar-refractivity contribution in [1.82, 2.24) is 15.5 Å². The monoisotopic (exact) mass is 514 g/mol. The Morgan fingerprint density at radius 3 is 2.38 bits per heavy atom. The van der Waals surface area contributed by atoms with E-state index in [9.17, 15) is 0 Å². The molecule has 1 aromatic rings. The van der Waals surface area contributed by atoms with E-state index in [1.165, 1.54) is 69.2 Å². The predicted molar refractivity (Wildman–Crippen MR) is 132 cm³/mol. The summed E-state index contributed by atoms with van der Waals surface area (Å²) in [5.74, 6) is 0.859. The molecule has 0 radical (unpaired) electrons. The van der Waals surface area contributed by atoms with Gasteiger partial charge >= 0.3 is 0 Å². The van der Waals surface area contributed by atoms with Crippen LogP contribution in [0.5, 0.6) is 0 Å². The van der Waals surface area contributed by atoms with E-state index in [0.717, 1.165) is 38.6 Å². The van der Waals surface area contributed by atoms with Crippen molar-refractivity contribution in [2.45, 2.75) is 70.6 Å². The first kappa shape index (κ1) is 24.4. The molecule has 1 saturated carbocycles. The molecule has 1 aliphatic heterocycles. The molecule has 0 amide bonds. The van der Waals surface area contributed by atoms with Crippen LogP contribution >= 0.6 is 24.0 Å². The number of aliphatic imine (C=N–C) groups is 1. The summed E-state index contributed by atoms with van der Waals surface area (Å²) in [6.07, 6.45) is 10.8. The zero-order chi connectivity index (χ0) is 19.4. The van der Waals surface area contributed by atoms with E-state index in [1.807, 2.05) is 7.05 Å². The number of hydrogen-bond acceptors (Lipinski definition) is 3. The molecule has 1 heterocycles. The number of piperidine rings is 1. The number of ether oxygens (including phenoxy) is 1. The third-order valence-corrected chi connectivity index (χ3v) is 5.83. The summed E-state index contributed by atoms with van der Waals surface area (Å²) in [5.41, 5.74) is 2.70. The highest BCUT2D eigenvalue weighted by Crippen LogP contribution is 2.20. The molecule has 164 valence electrons. The minimum atomic E-state index is 0. The number of hydrogen-bond donors (Lipinski definition) is 2. The van der Waals surface area contributed by atoms with Crippen molar-refractivity contribution in [2.75, 3.05) is 33.3 Å². The van der Waals surface area contributed by atoms with Crippen molar-refractivity contribution >= 4 is 29.9 Å². The molecule has 2 aliphatic rings. The van der Waals surface area contributed by atoms with E-state index in [-0.39, 0.29) is 24.0 Å². The summed E-state index contributed by atoms with van der Waals surface area (Å²) >= 11 is 0. The Balaban J connectivity index is 0.00000300. The normalized spacial score (nSPS) is 18.4. The fourth-order valence-corrected chi connectivity index (χ4v) is 4.13.